The van der Waals surface area contributed by atoms with Gasteiger partial charge in [0.2, 0.25) is 0 Å². The van der Waals surface area contributed by atoms with E-state index in [0.29, 0.717) is 19.3 Å². The summed E-state index contributed by atoms with van der Waals surface area (Å²) < 4.78 is 17.1. The third kappa shape index (κ3) is 28.1. The molecule has 8 nitrogen and oxygen atoms in total. The second-order valence-electron chi connectivity index (χ2n) is 13.5. The lowest BCUT2D eigenvalue weighted by molar-refractivity contribution is -0.887. The molecule has 8 heteroatoms. The number of carbonyl (C=O) groups excluding carboxylic acids is 2. The van der Waals surface area contributed by atoms with Crippen molar-refractivity contribution in [3.63, 3.8) is 0 Å². The van der Waals surface area contributed by atoms with E-state index in [1.54, 1.807) is 0 Å². The van der Waals surface area contributed by atoms with Crippen LogP contribution in [-0.2, 0) is 28.6 Å². The Balaban J connectivity index is 4.46. The summed E-state index contributed by atoms with van der Waals surface area (Å²) in [5.74, 6) is -1.48. The molecule has 264 valence electrons. The van der Waals surface area contributed by atoms with E-state index in [2.05, 4.69) is 26.0 Å². The Morgan fingerprint density at radius 1 is 0.644 bits per heavy atom. The Labute approximate surface area is 276 Å². The van der Waals surface area contributed by atoms with Crippen molar-refractivity contribution in [1.29, 1.82) is 0 Å². The highest BCUT2D eigenvalue weighted by molar-refractivity contribution is 5.72. The zero-order valence-electron chi connectivity index (χ0n) is 29.8. The summed E-state index contributed by atoms with van der Waals surface area (Å²) in [4.78, 5) is 36.6. The number of quaternary nitrogens is 1. The van der Waals surface area contributed by atoms with Crippen molar-refractivity contribution in [2.24, 2.45) is 0 Å². The number of nitrogens with zero attached hydrogens (tertiary/aromatic N) is 1. The summed E-state index contributed by atoms with van der Waals surface area (Å²) in [6.07, 6.45) is 26.8. The van der Waals surface area contributed by atoms with Crippen molar-refractivity contribution < 1.29 is 38.2 Å². The van der Waals surface area contributed by atoms with Crippen molar-refractivity contribution in [2.45, 2.75) is 167 Å². The number of carbonyl (C=O) groups is 3. The molecular weight excluding hydrogens is 570 g/mol. The fourth-order valence-electron chi connectivity index (χ4n) is 5.25. The van der Waals surface area contributed by atoms with Gasteiger partial charge in [0, 0.05) is 19.3 Å². The van der Waals surface area contributed by atoms with Gasteiger partial charge in [-0.15, -0.1) is 0 Å². The van der Waals surface area contributed by atoms with Gasteiger partial charge in [0.15, 0.2) is 12.1 Å². The maximum atomic E-state index is 12.6. The number of rotatable bonds is 32. The van der Waals surface area contributed by atoms with E-state index >= 15 is 0 Å². The number of esters is 2. The third-order valence-corrected chi connectivity index (χ3v) is 8.16. The van der Waals surface area contributed by atoms with Crippen LogP contribution >= 0.6 is 0 Å². The fourth-order valence-corrected chi connectivity index (χ4v) is 5.25. The lowest BCUT2D eigenvalue weighted by Crippen LogP contribution is -2.50. The molecule has 2 unspecified atom stereocenters. The summed E-state index contributed by atoms with van der Waals surface area (Å²) in [5, 5.41) is 9.55. The Morgan fingerprint density at radius 2 is 1.13 bits per heavy atom. The molecule has 0 saturated heterocycles. The van der Waals surface area contributed by atoms with Gasteiger partial charge in [-0.2, -0.15) is 0 Å². The molecule has 0 amide bonds. The first-order valence-corrected chi connectivity index (χ1v) is 18.2. The highest BCUT2D eigenvalue weighted by Crippen LogP contribution is 2.13. The number of carboxylic acids is 1. The van der Waals surface area contributed by atoms with Crippen LogP contribution in [0.1, 0.15) is 155 Å². The predicted molar refractivity (Wildman–Crippen MR) is 183 cm³/mol. The van der Waals surface area contributed by atoms with Gasteiger partial charge in [-0.25, -0.2) is 4.79 Å². The number of hydrogen-bond donors (Lipinski definition) is 1. The molecule has 0 aromatic heterocycles. The minimum Gasteiger partial charge on any atom is -0.477 e. The Kier molecular flexibility index (Phi) is 28.2. The molecule has 0 aliphatic rings. The van der Waals surface area contributed by atoms with Crippen LogP contribution in [0.2, 0.25) is 0 Å². The summed E-state index contributed by atoms with van der Waals surface area (Å²) in [5.41, 5.74) is 0. The summed E-state index contributed by atoms with van der Waals surface area (Å²) in [7, 11) is 5.51. The predicted octanol–water partition coefficient (Wildman–Crippen LogP) is 8.80. The van der Waals surface area contributed by atoms with E-state index in [-0.39, 0.29) is 36.2 Å². The van der Waals surface area contributed by atoms with Crippen LogP contribution in [0.15, 0.2) is 12.2 Å². The van der Waals surface area contributed by atoms with Crippen molar-refractivity contribution in [3.05, 3.63) is 12.2 Å². The SMILES string of the molecule is CCCC/C=C/CCCCCCCC(=O)OC(COCCC(C(=O)O)[N+](C)(C)C)COC(=O)CCCCCCCCCCCC. The second-order valence-corrected chi connectivity index (χ2v) is 13.5. The average Bonchev–Trinajstić information content (AvgIpc) is 2.98. The molecule has 0 fully saturated rings. The first-order valence-electron chi connectivity index (χ1n) is 18.2. The van der Waals surface area contributed by atoms with Gasteiger partial charge in [0.1, 0.15) is 6.61 Å². The largest absolute Gasteiger partial charge is 0.477 e. The second kappa shape index (κ2) is 29.5. The zero-order valence-corrected chi connectivity index (χ0v) is 29.8. The minimum atomic E-state index is -0.876. The molecule has 1 N–H and O–H groups in total. The molecule has 0 heterocycles. The van der Waals surface area contributed by atoms with E-state index < -0.39 is 18.1 Å². The number of likely N-dealkylation sites (N-methyl/N-ethyl adjacent to an activating group) is 1. The molecule has 0 rings (SSSR count). The Morgan fingerprint density at radius 3 is 1.67 bits per heavy atom. The number of unbranched alkanes of at least 4 members (excludes halogenated alkanes) is 16. The average molecular weight is 641 g/mol. The molecule has 0 bridgehead atoms. The van der Waals surface area contributed by atoms with Crippen LogP contribution in [0.25, 0.3) is 0 Å². The van der Waals surface area contributed by atoms with Gasteiger partial charge in [-0.1, -0.05) is 116 Å². The number of ether oxygens (including phenoxy) is 3. The fraction of sp³-hybridized carbons (Fsp3) is 0.865. The Hall–Kier alpha value is -1.93. The van der Waals surface area contributed by atoms with Gasteiger partial charge in [-0.3, -0.25) is 9.59 Å². The molecule has 0 saturated carbocycles. The van der Waals surface area contributed by atoms with Crippen molar-refractivity contribution >= 4 is 17.9 Å². The molecule has 0 aromatic rings. The van der Waals surface area contributed by atoms with Crippen LogP contribution < -0.4 is 0 Å². The molecule has 0 radical (unpaired) electrons. The quantitative estimate of drug-likeness (QED) is 0.0339. The summed E-state index contributed by atoms with van der Waals surface area (Å²) in [6, 6.07) is -0.609. The molecule has 0 spiro atoms. The lowest BCUT2D eigenvalue weighted by atomic mass is 10.1. The number of hydrogen-bond acceptors (Lipinski definition) is 6. The van der Waals surface area contributed by atoms with Gasteiger partial charge < -0.3 is 23.8 Å². The smallest absolute Gasteiger partial charge is 0.362 e. The van der Waals surface area contributed by atoms with Gasteiger partial charge >= 0.3 is 17.9 Å². The highest BCUT2D eigenvalue weighted by atomic mass is 16.6. The molecule has 0 aliphatic heterocycles. The number of allylic oxidation sites excluding steroid dienone is 2. The number of carboxylic acid groups (broad SMARTS) is 1. The normalized spacial score (nSPS) is 13.2. The standard InChI is InChI=1S/C37H69NO7/c1-6-8-10-12-14-16-18-20-22-24-26-28-36(40)45-33(31-43-30-29-34(37(41)42)38(3,4)5)32-44-35(39)27-25-23-21-19-17-15-13-11-9-7-2/h12,14,33-34H,6-11,13,15-32H2,1-5H3/p+1/b14-12+. The van der Waals surface area contributed by atoms with Crippen LogP contribution in [0.4, 0.5) is 0 Å². The monoisotopic (exact) mass is 641 g/mol. The Bertz CT molecular complexity index is 762. The van der Waals surface area contributed by atoms with Crippen LogP contribution in [0.3, 0.4) is 0 Å². The zero-order chi connectivity index (χ0) is 33.6. The van der Waals surface area contributed by atoms with Crippen molar-refractivity contribution in [3.8, 4) is 0 Å². The van der Waals surface area contributed by atoms with Crippen molar-refractivity contribution in [1.82, 2.24) is 0 Å². The van der Waals surface area contributed by atoms with E-state index in [0.717, 1.165) is 51.4 Å². The van der Waals surface area contributed by atoms with Crippen LogP contribution in [0.5, 0.6) is 0 Å². The minimum absolute atomic E-state index is 0.0498. The lowest BCUT2D eigenvalue weighted by Gasteiger charge is -2.31. The van der Waals surface area contributed by atoms with Gasteiger partial charge in [0.05, 0.1) is 34.4 Å². The molecule has 0 aromatic carbocycles. The number of aliphatic carboxylic acids is 1. The molecular formula is C37H70NO7+. The molecule has 45 heavy (non-hydrogen) atoms. The summed E-state index contributed by atoms with van der Waals surface area (Å²) >= 11 is 0. The van der Waals surface area contributed by atoms with E-state index in [1.807, 2.05) is 21.1 Å². The highest BCUT2D eigenvalue weighted by Gasteiger charge is 2.31. The third-order valence-electron chi connectivity index (χ3n) is 8.16. The van der Waals surface area contributed by atoms with Crippen molar-refractivity contribution in [2.75, 3.05) is 41.0 Å². The first-order chi connectivity index (χ1) is 21.6. The van der Waals surface area contributed by atoms with Crippen LogP contribution in [-0.4, -0.2) is 80.6 Å². The topological polar surface area (TPSA) is 99.1 Å². The van der Waals surface area contributed by atoms with Gasteiger partial charge in [0.25, 0.3) is 0 Å². The van der Waals surface area contributed by atoms with E-state index in [9.17, 15) is 19.5 Å². The molecule has 0 aliphatic carbocycles. The van der Waals surface area contributed by atoms with E-state index in [4.69, 9.17) is 14.2 Å². The maximum absolute atomic E-state index is 12.6. The van der Waals surface area contributed by atoms with E-state index in [1.165, 1.54) is 70.6 Å². The maximum Gasteiger partial charge on any atom is 0.362 e. The van der Waals surface area contributed by atoms with Crippen LogP contribution in [0, 0.1) is 0 Å². The summed E-state index contributed by atoms with van der Waals surface area (Å²) in [6.45, 7) is 4.66. The van der Waals surface area contributed by atoms with Gasteiger partial charge in [-0.05, 0) is 32.1 Å². The first kappa shape index (κ1) is 43.1. The molecule has 2 atom stereocenters.